The highest BCUT2D eigenvalue weighted by Crippen LogP contribution is 2.14. The van der Waals surface area contributed by atoms with E-state index in [-0.39, 0.29) is 5.54 Å². The Morgan fingerprint density at radius 2 is 1.50 bits per heavy atom. The second-order valence-electron chi connectivity index (χ2n) is 7.18. The molecule has 0 aromatic heterocycles. The Bertz CT molecular complexity index is 358. The van der Waals surface area contributed by atoms with Crippen LogP contribution in [0.2, 0.25) is 0 Å². The molecular formula is C19H33N. The van der Waals surface area contributed by atoms with Crippen molar-refractivity contribution in [1.29, 1.82) is 0 Å². The molecule has 0 bridgehead atoms. The van der Waals surface area contributed by atoms with E-state index < -0.39 is 0 Å². The van der Waals surface area contributed by atoms with Crippen molar-refractivity contribution in [2.24, 2.45) is 5.92 Å². The Balaban J connectivity index is 2.24. The Morgan fingerprint density at radius 3 is 2.00 bits per heavy atom. The molecule has 0 aliphatic rings. The fourth-order valence-electron chi connectivity index (χ4n) is 2.41. The van der Waals surface area contributed by atoms with Gasteiger partial charge in [-0.05, 0) is 70.0 Å². The van der Waals surface area contributed by atoms with Gasteiger partial charge in [0, 0.05) is 5.54 Å². The Labute approximate surface area is 126 Å². The molecule has 0 saturated carbocycles. The van der Waals surface area contributed by atoms with E-state index in [1.807, 2.05) is 0 Å². The van der Waals surface area contributed by atoms with Crippen molar-refractivity contribution in [3.05, 3.63) is 35.4 Å². The van der Waals surface area contributed by atoms with Gasteiger partial charge in [0.1, 0.15) is 0 Å². The van der Waals surface area contributed by atoms with Crippen molar-refractivity contribution in [3.63, 3.8) is 0 Å². The molecule has 0 aliphatic carbocycles. The molecule has 0 amide bonds. The molecule has 20 heavy (non-hydrogen) atoms. The van der Waals surface area contributed by atoms with Crippen LogP contribution in [0.1, 0.15) is 65.0 Å². The van der Waals surface area contributed by atoms with Crippen molar-refractivity contribution in [1.82, 2.24) is 5.32 Å². The molecule has 114 valence electrons. The molecule has 0 radical (unpaired) electrons. The van der Waals surface area contributed by atoms with E-state index >= 15 is 0 Å². The van der Waals surface area contributed by atoms with Crippen LogP contribution in [0.25, 0.3) is 0 Å². The smallest absolute Gasteiger partial charge is 0.00965 e. The average Bonchev–Trinajstić information content (AvgIpc) is 2.37. The Hall–Kier alpha value is -0.820. The standard InChI is InChI=1S/C19H33N/c1-6-7-17-10-12-18(13-11-17)9-8-16(2)14-15-20-19(3,4)5/h10-13,16,20H,6-9,14-15H2,1-5H3. The molecule has 0 saturated heterocycles. The minimum atomic E-state index is 0.245. The second kappa shape index (κ2) is 8.46. The monoisotopic (exact) mass is 275 g/mol. The molecule has 1 atom stereocenters. The quantitative estimate of drug-likeness (QED) is 0.705. The SMILES string of the molecule is CCCc1ccc(CCC(C)CCNC(C)(C)C)cc1. The third kappa shape index (κ3) is 7.69. The van der Waals surface area contributed by atoms with E-state index in [0.29, 0.717) is 0 Å². The predicted molar refractivity (Wildman–Crippen MR) is 90.3 cm³/mol. The first-order chi connectivity index (χ1) is 9.40. The number of rotatable bonds is 8. The molecule has 0 fully saturated rings. The zero-order chi connectivity index (χ0) is 15.0. The molecule has 1 unspecified atom stereocenters. The lowest BCUT2D eigenvalue weighted by molar-refractivity contribution is 0.386. The number of hydrogen-bond donors (Lipinski definition) is 1. The van der Waals surface area contributed by atoms with E-state index in [2.05, 4.69) is 64.2 Å². The summed E-state index contributed by atoms with van der Waals surface area (Å²) in [6.45, 7) is 12.4. The minimum absolute atomic E-state index is 0.245. The summed E-state index contributed by atoms with van der Waals surface area (Å²) >= 11 is 0. The summed E-state index contributed by atoms with van der Waals surface area (Å²) in [5, 5.41) is 3.57. The Kier molecular flexibility index (Phi) is 7.29. The first-order valence-electron chi connectivity index (χ1n) is 8.23. The van der Waals surface area contributed by atoms with Gasteiger partial charge in [0.25, 0.3) is 0 Å². The maximum Gasteiger partial charge on any atom is 0.00965 e. The van der Waals surface area contributed by atoms with Crippen LogP contribution in [-0.2, 0) is 12.8 Å². The molecule has 1 N–H and O–H groups in total. The highest BCUT2D eigenvalue weighted by atomic mass is 14.9. The fourth-order valence-corrected chi connectivity index (χ4v) is 2.41. The van der Waals surface area contributed by atoms with Gasteiger partial charge in [-0.15, -0.1) is 0 Å². The molecule has 1 nitrogen and oxygen atoms in total. The van der Waals surface area contributed by atoms with Gasteiger partial charge < -0.3 is 5.32 Å². The topological polar surface area (TPSA) is 12.0 Å². The second-order valence-corrected chi connectivity index (χ2v) is 7.18. The highest BCUT2D eigenvalue weighted by molar-refractivity contribution is 5.22. The average molecular weight is 275 g/mol. The van der Waals surface area contributed by atoms with Crippen molar-refractivity contribution in [2.75, 3.05) is 6.54 Å². The normalized spacial score (nSPS) is 13.4. The number of hydrogen-bond acceptors (Lipinski definition) is 1. The number of nitrogens with one attached hydrogen (secondary N) is 1. The number of aryl methyl sites for hydroxylation is 2. The highest BCUT2D eigenvalue weighted by Gasteiger charge is 2.09. The molecule has 0 heterocycles. The zero-order valence-corrected chi connectivity index (χ0v) is 14.1. The summed E-state index contributed by atoms with van der Waals surface area (Å²) in [7, 11) is 0. The van der Waals surface area contributed by atoms with Gasteiger partial charge in [0.2, 0.25) is 0 Å². The Morgan fingerprint density at radius 1 is 0.950 bits per heavy atom. The van der Waals surface area contributed by atoms with Crippen LogP contribution in [0.15, 0.2) is 24.3 Å². The molecule has 1 aromatic rings. The third-order valence-corrected chi connectivity index (χ3v) is 3.78. The molecule has 1 heteroatoms. The summed E-state index contributed by atoms with van der Waals surface area (Å²) in [5.41, 5.74) is 3.20. The van der Waals surface area contributed by atoms with Crippen molar-refractivity contribution in [3.8, 4) is 0 Å². The molecule has 0 spiro atoms. The fraction of sp³-hybridized carbons (Fsp3) is 0.684. The van der Waals surface area contributed by atoms with Gasteiger partial charge in [-0.2, -0.15) is 0 Å². The first kappa shape index (κ1) is 17.2. The summed E-state index contributed by atoms with van der Waals surface area (Å²) < 4.78 is 0. The van der Waals surface area contributed by atoms with Gasteiger partial charge in [0.15, 0.2) is 0 Å². The van der Waals surface area contributed by atoms with Crippen LogP contribution >= 0.6 is 0 Å². The van der Waals surface area contributed by atoms with Gasteiger partial charge in [-0.3, -0.25) is 0 Å². The summed E-state index contributed by atoms with van der Waals surface area (Å²) in [6, 6.07) is 9.21. The van der Waals surface area contributed by atoms with Crippen LogP contribution in [0, 0.1) is 5.92 Å². The summed E-state index contributed by atoms with van der Waals surface area (Å²) in [4.78, 5) is 0. The van der Waals surface area contributed by atoms with E-state index in [4.69, 9.17) is 0 Å². The van der Waals surface area contributed by atoms with Crippen LogP contribution in [-0.4, -0.2) is 12.1 Å². The minimum Gasteiger partial charge on any atom is -0.312 e. The van der Waals surface area contributed by atoms with Gasteiger partial charge in [0.05, 0.1) is 0 Å². The predicted octanol–water partition coefficient (Wildman–Crippen LogP) is 4.99. The number of benzene rings is 1. The third-order valence-electron chi connectivity index (χ3n) is 3.78. The maximum atomic E-state index is 3.57. The van der Waals surface area contributed by atoms with E-state index in [0.717, 1.165) is 12.5 Å². The van der Waals surface area contributed by atoms with Crippen molar-refractivity contribution in [2.45, 2.75) is 72.3 Å². The first-order valence-corrected chi connectivity index (χ1v) is 8.23. The van der Waals surface area contributed by atoms with E-state index in [1.54, 1.807) is 0 Å². The van der Waals surface area contributed by atoms with Crippen LogP contribution in [0.5, 0.6) is 0 Å². The van der Waals surface area contributed by atoms with Gasteiger partial charge in [-0.1, -0.05) is 44.5 Å². The lowest BCUT2D eigenvalue weighted by Gasteiger charge is -2.22. The van der Waals surface area contributed by atoms with Crippen molar-refractivity contribution >= 4 is 0 Å². The maximum absolute atomic E-state index is 3.57. The molecule has 0 aliphatic heterocycles. The molecule has 1 rings (SSSR count). The summed E-state index contributed by atoms with van der Waals surface area (Å²) in [5.74, 6) is 0.792. The van der Waals surface area contributed by atoms with Gasteiger partial charge >= 0.3 is 0 Å². The molecular weight excluding hydrogens is 242 g/mol. The van der Waals surface area contributed by atoms with E-state index in [9.17, 15) is 0 Å². The summed E-state index contributed by atoms with van der Waals surface area (Å²) in [6.07, 6.45) is 6.21. The zero-order valence-electron chi connectivity index (χ0n) is 14.1. The van der Waals surface area contributed by atoms with Gasteiger partial charge in [-0.25, -0.2) is 0 Å². The van der Waals surface area contributed by atoms with Crippen molar-refractivity contribution < 1.29 is 0 Å². The van der Waals surface area contributed by atoms with Crippen LogP contribution < -0.4 is 5.32 Å². The van der Waals surface area contributed by atoms with Crippen LogP contribution in [0.4, 0.5) is 0 Å². The largest absolute Gasteiger partial charge is 0.312 e. The van der Waals surface area contributed by atoms with Crippen LogP contribution in [0.3, 0.4) is 0 Å². The lowest BCUT2D eigenvalue weighted by atomic mass is 9.97. The lowest BCUT2D eigenvalue weighted by Crippen LogP contribution is -2.36. The van der Waals surface area contributed by atoms with E-state index in [1.165, 1.54) is 43.2 Å². The molecule has 1 aromatic carbocycles.